The zero-order valence-electron chi connectivity index (χ0n) is 10.8. The summed E-state index contributed by atoms with van der Waals surface area (Å²) >= 11 is 4.82. The van der Waals surface area contributed by atoms with Crippen molar-refractivity contribution in [3.63, 3.8) is 0 Å². The molecule has 1 amide bonds. The number of hydrogen-bond acceptors (Lipinski definition) is 4. The third kappa shape index (κ3) is 3.39. The van der Waals surface area contributed by atoms with Gasteiger partial charge in [0.1, 0.15) is 5.01 Å². The van der Waals surface area contributed by atoms with Crippen molar-refractivity contribution in [1.29, 1.82) is 0 Å². The summed E-state index contributed by atoms with van der Waals surface area (Å²) in [6, 6.07) is 7.87. The van der Waals surface area contributed by atoms with Crippen LogP contribution in [-0.4, -0.2) is 23.2 Å². The second-order valence-electron chi connectivity index (χ2n) is 4.10. The molecule has 19 heavy (non-hydrogen) atoms. The average Bonchev–Trinajstić information content (AvgIpc) is 2.88. The number of hydrogen-bond donors (Lipinski definition) is 0. The molecule has 2 rings (SSSR count). The molecular formula is C13H14BrN3OS. The minimum Gasteiger partial charge on any atom is -0.290 e. The van der Waals surface area contributed by atoms with Crippen LogP contribution in [0.25, 0.3) is 10.6 Å². The Morgan fingerprint density at radius 2 is 2.00 bits per heavy atom. The van der Waals surface area contributed by atoms with Crippen molar-refractivity contribution >= 4 is 38.3 Å². The van der Waals surface area contributed by atoms with Crippen LogP contribution in [0.4, 0.5) is 5.13 Å². The Morgan fingerprint density at radius 1 is 1.32 bits per heavy atom. The van der Waals surface area contributed by atoms with E-state index in [1.54, 1.807) is 11.9 Å². The van der Waals surface area contributed by atoms with Crippen LogP contribution in [0.5, 0.6) is 0 Å². The molecule has 0 saturated heterocycles. The lowest BCUT2D eigenvalue weighted by atomic mass is 10.2. The summed E-state index contributed by atoms with van der Waals surface area (Å²) < 4.78 is 1.02. The maximum Gasteiger partial charge on any atom is 0.228 e. The Bertz CT molecular complexity index is 568. The zero-order valence-corrected chi connectivity index (χ0v) is 13.2. The molecule has 0 spiro atoms. The van der Waals surface area contributed by atoms with Gasteiger partial charge in [-0.1, -0.05) is 46.3 Å². The molecule has 2 aromatic rings. The molecule has 0 aliphatic rings. The first-order valence-electron chi connectivity index (χ1n) is 5.98. The molecule has 1 aromatic carbocycles. The quantitative estimate of drug-likeness (QED) is 0.852. The fourth-order valence-electron chi connectivity index (χ4n) is 1.55. The summed E-state index contributed by atoms with van der Waals surface area (Å²) in [4.78, 5) is 13.4. The highest BCUT2D eigenvalue weighted by Gasteiger charge is 2.15. The van der Waals surface area contributed by atoms with Gasteiger partial charge in [0.2, 0.25) is 11.0 Å². The number of halogens is 1. The number of rotatable bonds is 4. The highest BCUT2D eigenvalue weighted by atomic mass is 79.9. The predicted molar refractivity (Wildman–Crippen MR) is 81.4 cm³/mol. The first-order valence-corrected chi connectivity index (χ1v) is 7.58. The van der Waals surface area contributed by atoms with E-state index in [1.165, 1.54) is 11.3 Å². The van der Waals surface area contributed by atoms with Crippen molar-refractivity contribution in [3.8, 4) is 10.6 Å². The monoisotopic (exact) mass is 339 g/mol. The number of anilines is 1. The molecule has 100 valence electrons. The summed E-state index contributed by atoms with van der Waals surface area (Å²) in [6.45, 7) is 1.99. The van der Waals surface area contributed by atoms with Gasteiger partial charge >= 0.3 is 0 Å². The number of nitrogens with zero attached hydrogens (tertiary/aromatic N) is 3. The third-order valence-electron chi connectivity index (χ3n) is 2.63. The first-order chi connectivity index (χ1) is 9.11. The van der Waals surface area contributed by atoms with E-state index in [4.69, 9.17) is 0 Å². The van der Waals surface area contributed by atoms with Gasteiger partial charge in [-0.15, -0.1) is 10.2 Å². The molecule has 0 radical (unpaired) electrons. The number of carbonyl (C=O) groups is 1. The van der Waals surface area contributed by atoms with Crippen molar-refractivity contribution in [2.24, 2.45) is 0 Å². The maximum absolute atomic E-state index is 11.8. The molecule has 0 unspecified atom stereocenters. The van der Waals surface area contributed by atoms with Gasteiger partial charge in [0.25, 0.3) is 0 Å². The van der Waals surface area contributed by atoms with Gasteiger partial charge < -0.3 is 0 Å². The molecule has 1 heterocycles. The van der Waals surface area contributed by atoms with Crippen molar-refractivity contribution < 1.29 is 4.79 Å². The molecule has 0 atom stereocenters. The number of amides is 1. The van der Waals surface area contributed by atoms with Crippen LogP contribution in [0.3, 0.4) is 0 Å². The zero-order chi connectivity index (χ0) is 13.8. The summed E-state index contributed by atoms with van der Waals surface area (Å²) in [7, 11) is 1.74. The van der Waals surface area contributed by atoms with Crippen LogP contribution in [0.1, 0.15) is 19.8 Å². The van der Waals surface area contributed by atoms with Gasteiger partial charge in [-0.25, -0.2) is 0 Å². The molecule has 0 N–H and O–H groups in total. The molecule has 0 bridgehead atoms. The van der Waals surface area contributed by atoms with E-state index in [0.29, 0.717) is 11.6 Å². The third-order valence-corrected chi connectivity index (χ3v) is 4.21. The normalized spacial score (nSPS) is 10.5. The Balaban J connectivity index is 2.19. The predicted octanol–water partition coefficient (Wildman–Crippen LogP) is 3.73. The first kappa shape index (κ1) is 14.1. The largest absolute Gasteiger partial charge is 0.290 e. The summed E-state index contributed by atoms with van der Waals surface area (Å²) in [5.74, 6) is 0.0704. The summed E-state index contributed by atoms with van der Waals surface area (Å²) in [5.41, 5.74) is 1.00. The van der Waals surface area contributed by atoms with Crippen LogP contribution in [0.15, 0.2) is 28.7 Å². The highest BCUT2D eigenvalue weighted by molar-refractivity contribution is 9.10. The van der Waals surface area contributed by atoms with Gasteiger partial charge in [0.05, 0.1) is 0 Å². The van der Waals surface area contributed by atoms with Crippen LogP contribution < -0.4 is 4.90 Å². The molecule has 4 nitrogen and oxygen atoms in total. The minimum atomic E-state index is 0.0704. The minimum absolute atomic E-state index is 0.0704. The van der Waals surface area contributed by atoms with Gasteiger partial charge in [-0.3, -0.25) is 9.69 Å². The van der Waals surface area contributed by atoms with Crippen LogP contribution >= 0.6 is 27.3 Å². The standard InChI is InChI=1S/C13H14BrN3OS/c1-3-4-11(18)17(2)13-16-15-12(19-13)9-5-7-10(14)8-6-9/h5-8H,3-4H2,1-2H3. The van der Waals surface area contributed by atoms with Crippen LogP contribution in [-0.2, 0) is 4.79 Å². The number of benzene rings is 1. The van der Waals surface area contributed by atoms with E-state index in [1.807, 2.05) is 31.2 Å². The fourth-order valence-corrected chi connectivity index (χ4v) is 2.64. The Kier molecular flexibility index (Phi) is 4.66. The van der Waals surface area contributed by atoms with E-state index in [0.717, 1.165) is 21.5 Å². The molecule has 1 aromatic heterocycles. The van der Waals surface area contributed by atoms with Gasteiger partial charge in [0.15, 0.2) is 0 Å². The summed E-state index contributed by atoms with van der Waals surface area (Å²) in [5, 5.41) is 9.67. The molecule has 0 aliphatic carbocycles. The summed E-state index contributed by atoms with van der Waals surface area (Å²) in [6.07, 6.45) is 1.37. The van der Waals surface area contributed by atoms with Crippen molar-refractivity contribution in [1.82, 2.24) is 10.2 Å². The van der Waals surface area contributed by atoms with Crippen LogP contribution in [0, 0.1) is 0 Å². The van der Waals surface area contributed by atoms with Gasteiger partial charge in [-0.05, 0) is 18.6 Å². The van der Waals surface area contributed by atoms with E-state index < -0.39 is 0 Å². The van der Waals surface area contributed by atoms with Crippen molar-refractivity contribution in [2.75, 3.05) is 11.9 Å². The van der Waals surface area contributed by atoms with Crippen molar-refractivity contribution in [2.45, 2.75) is 19.8 Å². The Morgan fingerprint density at radius 3 is 2.63 bits per heavy atom. The second-order valence-corrected chi connectivity index (χ2v) is 5.97. The molecular weight excluding hydrogens is 326 g/mol. The topological polar surface area (TPSA) is 46.1 Å². The lowest BCUT2D eigenvalue weighted by molar-refractivity contribution is -0.118. The van der Waals surface area contributed by atoms with E-state index >= 15 is 0 Å². The van der Waals surface area contributed by atoms with Crippen LogP contribution in [0.2, 0.25) is 0 Å². The Labute approximate surface area is 124 Å². The van der Waals surface area contributed by atoms with E-state index in [-0.39, 0.29) is 5.91 Å². The number of aromatic nitrogens is 2. The maximum atomic E-state index is 11.8. The SMILES string of the molecule is CCCC(=O)N(C)c1nnc(-c2ccc(Br)cc2)s1. The highest BCUT2D eigenvalue weighted by Crippen LogP contribution is 2.29. The van der Waals surface area contributed by atoms with Gasteiger partial charge in [-0.2, -0.15) is 0 Å². The fraction of sp³-hybridized carbons (Fsp3) is 0.308. The second kappa shape index (κ2) is 6.25. The van der Waals surface area contributed by atoms with E-state index in [9.17, 15) is 4.79 Å². The molecule has 0 aliphatic heterocycles. The van der Waals surface area contributed by atoms with Gasteiger partial charge in [0, 0.05) is 23.5 Å². The lowest BCUT2D eigenvalue weighted by Gasteiger charge is -2.11. The molecule has 0 saturated carbocycles. The smallest absolute Gasteiger partial charge is 0.228 e. The molecule has 0 fully saturated rings. The average molecular weight is 340 g/mol. The van der Waals surface area contributed by atoms with Crippen molar-refractivity contribution in [3.05, 3.63) is 28.7 Å². The lowest BCUT2D eigenvalue weighted by Crippen LogP contribution is -2.25. The molecule has 6 heteroatoms. The number of carbonyl (C=O) groups excluding carboxylic acids is 1. The Hall–Kier alpha value is -1.27. The van der Waals surface area contributed by atoms with E-state index in [2.05, 4.69) is 26.1 Å².